The summed E-state index contributed by atoms with van der Waals surface area (Å²) in [5, 5.41) is 8.36. The average Bonchev–Trinajstić information content (AvgIpc) is 2.14. The quantitative estimate of drug-likeness (QED) is 0.607. The van der Waals surface area contributed by atoms with Gasteiger partial charge in [-0.15, -0.1) is 0 Å². The minimum Gasteiger partial charge on any atom is -0.507 e. The molecule has 0 amide bonds. The number of carbonyl (C=O) groups excluding carboxylic acids is 1. The van der Waals surface area contributed by atoms with Crippen LogP contribution in [0.1, 0.15) is 17.3 Å². The summed E-state index contributed by atoms with van der Waals surface area (Å²) in [6, 6.07) is -0.437. The van der Waals surface area contributed by atoms with Gasteiger partial charge in [0, 0.05) is 6.07 Å². The van der Waals surface area contributed by atoms with Crippen LogP contribution < -0.4 is 5.73 Å². The lowest BCUT2D eigenvalue weighted by molar-refractivity contribution is 0.0961. The van der Waals surface area contributed by atoms with Gasteiger partial charge in [-0.2, -0.15) is 0 Å². The van der Waals surface area contributed by atoms with Crippen LogP contribution in [0.4, 0.5) is 8.78 Å². The zero-order chi connectivity index (χ0) is 11.7. The number of phenolic OH excluding ortho intramolecular Hbond substituents is 1. The van der Waals surface area contributed by atoms with Crippen LogP contribution in [0, 0.1) is 11.6 Å². The Labute approximate surface area is 89.5 Å². The van der Waals surface area contributed by atoms with E-state index in [1.165, 1.54) is 6.92 Å². The number of nitrogens with two attached hydrogens (primary N) is 1. The van der Waals surface area contributed by atoms with Crippen molar-refractivity contribution in [1.29, 1.82) is 0 Å². The molecule has 0 aliphatic rings. The third-order valence-electron chi connectivity index (χ3n) is 1.80. The number of carbonyl (C=O) groups is 1. The van der Waals surface area contributed by atoms with Gasteiger partial charge in [0.1, 0.15) is 16.6 Å². The van der Waals surface area contributed by atoms with E-state index in [1.54, 1.807) is 0 Å². The van der Waals surface area contributed by atoms with Crippen molar-refractivity contribution in [3.63, 3.8) is 0 Å². The Hall–Kier alpha value is -1.20. The van der Waals surface area contributed by atoms with Gasteiger partial charge in [0.2, 0.25) is 0 Å². The van der Waals surface area contributed by atoms with Gasteiger partial charge in [0.15, 0.2) is 11.6 Å². The van der Waals surface area contributed by atoms with E-state index in [-0.39, 0.29) is 0 Å². The normalized spacial score (nSPS) is 12.6. The van der Waals surface area contributed by atoms with E-state index in [0.717, 1.165) is 0 Å². The maximum atomic E-state index is 13.3. The lowest BCUT2D eigenvalue weighted by Crippen LogP contribution is -2.27. The summed E-state index contributed by atoms with van der Waals surface area (Å²) in [6.07, 6.45) is 0. The number of halogens is 3. The van der Waals surface area contributed by atoms with Crippen LogP contribution in [0.3, 0.4) is 0 Å². The standard InChI is InChI=1S/C9H8ClF2NO2/c1-3(13)9(15)6-5(14)2-4(11)7(10)8(6)12/h2-3,14H,13H2,1H3. The fourth-order valence-electron chi connectivity index (χ4n) is 1.04. The molecular weight excluding hydrogens is 228 g/mol. The van der Waals surface area contributed by atoms with Crippen molar-refractivity contribution in [3.8, 4) is 5.75 Å². The molecule has 0 saturated heterocycles. The van der Waals surface area contributed by atoms with Gasteiger partial charge < -0.3 is 10.8 Å². The summed E-state index contributed by atoms with van der Waals surface area (Å²) >= 11 is 5.25. The fourth-order valence-corrected chi connectivity index (χ4v) is 1.19. The van der Waals surface area contributed by atoms with E-state index in [4.69, 9.17) is 17.3 Å². The second-order valence-electron chi connectivity index (χ2n) is 3.03. The molecule has 1 unspecified atom stereocenters. The molecule has 0 saturated carbocycles. The molecule has 1 atom stereocenters. The molecule has 15 heavy (non-hydrogen) atoms. The average molecular weight is 236 g/mol. The lowest BCUT2D eigenvalue weighted by Gasteiger charge is -2.09. The number of Topliss-reactive ketones (excluding diaryl/α,β-unsaturated/α-hetero) is 1. The molecule has 1 aromatic carbocycles. The smallest absolute Gasteiger partial charge is 0.185 e. The first-order valence-electron chi connectivity index (χ1n) is 4.02. The van der Waals surface area contributed by atoms with Crippen molar-refractivity contribution in [2.45, 2.75) is 13.0 Å². The summed E-state index contributed by atoms with van der Waals surface area (Å²) in [6.45, 7) is 1.32. The van der Waals surface area contributed by atoms with Crippen molar-refractivity contribution >= 4 is 17.4 Å². The number of phenols is 1. The second kappa shape index (κ2) is 4.12. The van der Waals surface area contributed by atoms with E-state index in [1.807, 2.05) is 0 Å². The Bertz CT molecular complexity index is 421. The molecule has 6 heteroatoms. The number of ketones is 1. The molecule has 1 rings (SSSR count). The van der Waals surface area contributed by atoms with Crippen molar-refractivity contribution in [2.24, 2.45) is 5.73 Å². The summed E-state index contributed by atoms with van der Waals surface area (Å²) in [4.78, 5) is 11.3. The summed E-state index contributed by atoms with van der Waals surface area (Å²) in [5.74, 6) is -4.08. The molecule has 0 heterocycles. The number of aromatic hydroxyl groups is 1. The van der Waals surface area contributed by atoms with Gasteiger partial charge in [-0.25, -0.2) is 8.78 Å². The van der Waals surface area contributed by atoms with Crippen LogP contribution >= 0.6 is 11.6 Å². The minimum absolute atomic E-state index is 0.570. The predicted molar refractivity (Wildman–Crippen MR) is 51.0 cm³/mol. The van der Waals surface area contributed by atoms with E-state index in [0.29, 0.717) is 6.07 Å². The van der Waals surface area contributed by atoms with Crippen LogP contribution in [-0.4, -0.2) is 16.9 Å². The van der Waals surface area contributed by atoms with Crippen molar-refractivity contribution in [3.05, 3.63) is 28.3 Å². The van der Waals surface area contributed by atoms with Crippen LogP contribution in [0.25, 0.3) is 0 Å². The number of hydrogen-bond donors (Lipinski definition) is 2. The fraction of sp³-hybridized carbons (Fsp3) is 0.222. The van der Waals surface area contributed by atoms with E-state index in [9.17, 15) is 18.7 Å². The highest BCUT2D eigenvalue weighted by molar-refractivity contribution is 6.31. The number of hydrogen-bond acceptors (Lipinski definition) is 3. The summed E-state index contributed by atoms with van der Waals surface area (Å²) < 4.78 is 26.1. The van der Waals surface area contributed by atoms with Crippen molar-refractivity contribution in [2.75, 3.05) is 0 Å². The van der Waals surface area contributed by atoms with Gasteiger partial charge >= 0.3 is 0 Å². The molecule has 3 nitrogen and oxygen atoms in total. The number of benzene rings is 1. The summed E-state index contributed by atoms with van der Waals surface area (Å²) in [7, 11) is 0. The highest BCUT2D eigenvalue weighted by Gasteiger charge is 2.24. The molecule has 0 aromatic heterocycles. The molecule has 82 valence electrons. The SMILES string of the molecule is CC(N)C(=O)c1c(O)cc(F)c(Cl)c1F. The molecule has 3 N–H and O–H groups in total. The Kier molecular flexibility index (Phi) is 3.26. The van der Waals surface area contributed by atoms with Gasteiger partial charge in [0.05, 0.1) is 11.6 Å². The van der Waals surface area contributed by atoms with Gasteiger partial charge in [0.25, 0.3) is 0 Å². The zero-order valence-electron chi connectivity index (χ0n) is 7.72. The first kappa shape index (κ1) is 11.9. The zero-order valence-corrected chi connectivity index (χ0v) is 8.48. The molecule has 0 aliphatic carbocycles. The highest BCUT2D eigenvalue weighted by Crippen LogP contribution is 2.30. The number of rotatable bonds is 2. The third-order valence-corrected chi connectivity index (χ3v) is 2.15. The Balaban J connectivity index is 3.43. The van der Waals surface area contributed by atoms with E-state index in [2.05, 4.69) is 0 Å². The van der Waals surface area contributed by atoms with Gasteiger partial charge in [-0.1, -0.05) is 11.6 Å². The first-order chi connectivity index (χ1) is 6.86. The molecular formula is C9H8ClF2NO2. The Morgan fingerprint density at radius 2 is 2.13 bits per heavy atom. The molecule has 1 aromatic rings. The van der Waals surface area contributed by atoms with E-state index < -0.39 is 39.8 Å². The van der Waals surface area contributed by atoms with Crippen molar-refractivity contribution in [1.82, 2.24) is 0 Å². The Morgan fingerprint density at radius 1 is 1.60 bits per heavy atom. The monoisotopic (exact) mass is 235 g/mol. The minimum atomic E-state index is -1.29. The van der Waals surface area contributed by atoms with Crippen LogP contribution in [0.5, 0.6) is 5.75 Å². The van der Waals surface area contributed by atoms with Crippen molar-refractivity contribution < 1.29 is 18.7 Å². The van der Waals surface area contributed by atoms with Crippen LogP contribution in [0.15, 0.2) is 6.07 Å². The lowest BCUT2D eigenvalue weighted by atomic mass is 10.0. The highest BCUT2D eigenvalue weighted by atomic mass is 35.5. The van der Waals surface area contributed by atoms with Gasteiger partial charge in [-0.05, 0) is 6.92 Å². The predicted octanol–water partition coefficient (Wildman–Crippen LogP) is 1.85. The topological polar surface area (TPSA) is 63.3 Å². The van der Waals surface area contributed by atoms with E-state index >= 15 is 0 Å². The largest absolute Gasteiger partial charge is 0.507 e. The van der Waals surface area contributed by atoms with Crippen LogP contribution in [0.2, 0.25) is 5.02 Å². The molecule has 0 spiro atoms. The molecule has 0 bridgehead atoms. The Morgan fingerprint density at radius 3 is 2.60 bits per heavy atom. The van der Waals surface area contributed by atoms with Crippen LogP contribution in [-0.2, 0) is 0 Å². The molecule has 0 radical (unpaired) electrons. The summed E-state index contributed by atoms with van der Waals surface area (Å²) in [5.41, 5.74) is 4.55. The third kappa shape index (κ3) is 2.08. The molecule has 0 aliphatic heterocycles. The maximum Gasteiger partial charge on any atom is 0.185 e. The molecule has 0 fully saturated rings. The second-order valence-corrected chi connectivity index (χ2v) is 3.41. The van der Waals surface area contributed by atoms with Gasteiger partial charge in [-0.3, -0.25) is 4.79 Å². The maximum absolute atomic E-state index is 13.3. The first-order valence-corrected chi connectivity index (χ1v) is 4.40.